The summed E-state index contributed by atoms with van der Waals surface area (Å²) in [5.74, 6) is -0.388. The van der Waals surface area contributed by atoms with Crippen LogP contribution in [0.15, 0.2) is 48.0 Å². The number of para-hydroxylation sites is 2. The maximum atomic E-state index is 13.2. The van der Waals surface area contributed by atoms with Gasteiger partial charge in [-0.05, 0) is 61.2 Å². The van der Waals surface area contributed by atoms with E-state index in [0.29, 0.717) is 23.9 Å². The second-order valence-corrected chi connectivity index (χ2v) is 7.90. The minimum Gasteiger partial charge on any atom is -0.492 e. The van der Waals surface area contributed by atoms with Gasteiger partial charge in [0.2, 0.25) is 0 Å². The molecule has 0 aliphatic carbocycles. The van der Waals surface area contributed by atoms with Gasteiger partial charge in [-0.3, -0.25) is 14.9 Å². The molecule has 1 N–H and O–H groups in total. The quantitative estimate of drug-likeness (QED) is 0.392. The third kappa shape index (κ3) is 4.21. The number of amides is 4. The Labute approximate surface area is 191 Å². The highest BCUT2D eigenvalue weighted by Crippen LogP contribution is 2.32. The summed E-state index contributed by atoms with van der Waals surface area (Å²) in [4.78, 5) is 41.5. The topological polar surface area (TPSA) is 79.0 Å². The lowest BCUT2D eigenvalue weighted by molar-refractivity contribution is -0.122. The Kier molecular flexibility index (Phi) is 6.46. The Morgan fingerprint density at radius 3 is 2.72 bits per heavy atom. The van der Waals surface area contributed by atoms with Crippen LogP contribution in [0.5, 0.6) is 5.75 Å². The molecule has 0 unspecified atom stereocenters. The Morgan fingerprint density at radius 2 is 1.94 bits per heavy atom. The highest BCUT2D eigenvalue weighted by Gasteiger charge is 2.38. The molecule has 2 aliphatic rings. The van der Waals surface area contributed by atoms with E-state index in [-0.39, 0.29) is 5.57 Å². The van der Waals surface area contributed by atoms with Crippen molar-refractivity contribution in [3.05, 3.63) is 59.2 Å². The third-order valence-electron chi connectivity index (χ3n) is 5.48. The molecule has 166 valence electrons. The van der Waals surface area contributed by atoms with E-state index in [2.05, 4.69) is 10.2 Å². The van der Waals surface area contributed by atoms with Gasteiger partial charge < -0.3 is 9.64 Å². The van der Waals surface area contributed by atoms with E-state index in [4.69, 9.17) is 16.3 Å². The molecule has 0 bridgehead atoms. The molecule has 0 saturated carbocycles. The van der Waals surface area contributed by atoms with Crippen LogP contribution in [0.25, 0.3) is 6.08 Å². The standard InChI is InChI=1S/C24H24ClN3O4/c1-2-32-21-7-4-3-6-20(21)28-23(30)18(22(29)26-24(28)31)15-16-8-9-19-17(14-16)10-13-27(19)12-5-11-25/h3-4,6-9,14-15H,2,5,10-13H2,1H3,(H,26,29,31)/b18-15-. The highest BCUT2D eigenvalue weighted by atomic mass is 35.5. The number of rotatable bonds is 7. The number of hydrogen-bond acceptors (Lipinski definition) is 5. The molecule has 0 aromatic heterocycles. The summed E-state index contributed by atoms with van der Waals surface area (Å²) in [6, 6.07) is 11.8. The van der Waals surface area contributed by atoms with Crippen LogP contribution in [-0.2, 0) is 16.0 Å². The first-order chi connectivity index (χ1) is 15.5. The van der Waals surface area contributed by atoms with Crippen molar-refractivity contribution in [1.82, 2.24) is 5.32 Å². The summed E-state index contributed by atoms with van der Waals surface area (Å²) >= 11 is 5.82. The van der Waals surface area contributed by atoms with Crippen LogP contribution >= 0.6 is 11.6 Å². The van der Waals surface area contributed by atoms with Crippen molar-refractivity contribution in [2.75, 3.05) is 35.4 Å². The lowest BCUT2D eigenvalue weighted by atomic mass is 10.0. The number of hydrogen-bond donors (Lipinski definition) is 1. The monoisotopic (exact) mass is 453 g/mol. The summed E-state index contributed by atoms with van der Waals surface area (Å²) in [5, 5.41) is 2.26. The normalized spacial score (nSPS) is 17.1. The molecule has 1 saturated heterocycles. The molecule has 0 spiro atoms. The largest absolute Gasteiger partial charge is 0.492 e. The van der Waals surface area contributed by atoms with Crippen molar-refractivity contribution in [3.63, 3.8) is 0 Å². The fourth-order valence-corrected chi connectivity index (χ4v) is 4.14. The highest BCUT2D eigenvalue weighted by molar-refractivity contribution is 6.39. The van der Waals surface area contributed by atoms with Gasteiger partial charge in [-0.15, -0.1) is 11.6 Å². The predicted molar refractivity (Wildman–Crippen MR) is 124 cm³/mol. The summed E-state index contributed by atoms with van der Waals surface area (Å²) in [6.07, 6.45) is 3.33. The van der Waals surface area contributed by atoms with E-state index in [0.717, 1.165) is 47.6 Å². The molecule has 2 aromatic carbocycles. The summed E-state index contributed by atoms with van der Waals surface area (Å²) in [5.41, 5.74) is 3.23. The molecule has 2 aliphatic heterocycles. The smallest absolute Gasteiger partial charge is 0.336 e. The fourth-order valence-electron chi connectivity index (χ4n) is 4.03. The van der Waals surface area contributed by atoms with Crippen LogP contribution in [0, 0.1) is 0 Å². The van der Waals surface area contributed by atoms with Gasteiger partial charge in [0.25, 0.3) is 11.8 Å². The molecule has 0 atom stereocenters. The number of nitrogens with zero attached hydrogens (tertiary/aromatic N) is 2. The van der Waals surface area contributed by atoms with E-state index in [1.807, 2.05) is 25.1 Å². The first-order valence-corrected chi connectivity index (χ1v) is 11.1. The number of urea groups is 1. The summed E-state index contributed by atoms with van der Waals surface area (Å²) in [6.45, 7) is 4.00. The predicted octanol–water partition coefficient (Wildman–Crippen LogP) is 3.74. The zero-order chi connectivity index (χ0) is 22.7. The third-order valence-corrected chi connectivity index (χ3v) is 5.74. The average Bonchev–Trinajstić information content (AvgIpc) is 3.18. The first kappa shape index (κ1) is 21.9. The van der Waals surface area contributed by atoms with Gasteiger partial charge in [-0.1, -0.05) is 18.2 Å². The molecular formula is C24H24ClN3O4. The number of barbiturate groups is 1. The molecule has 1 fully saturated rings. The van der Waals surface area contributed by atoms with E-state index in [9.17, 15) is 14.4 Å². The first-order valence-electron chi connectivity index (χ1n) is 10.6. The van der Waals surface area contributed by atoms with Crippen LogP contribution in [0.1, 0.15) is 24.5 Å². The number of carbonyl (C=O) groups excluding carboxylic acids is 3. The number of halogens is 1. The van der Waals surface area contributed by atoms with Crippen molar-refractivity contribution in [2.45, 2.75) is 19.8 Å². The molecule has 7 nitrogen and oxygen atoms in total. The number of benzene rings is 2. The van der Waals surface area contributed by atoms with Crippen molar-refractivity contribution >= 4 is 46.9 Å². The molecule has 0 radical (unpaired) electrons. The number of imide groups is 2. The van der Waals surface area contributed by atoms with Gasteiger partial charge in [0.05, 0.1) is 12.3 Å². The average molecular weight is 454 g/mol. The molecule has 4 rings (SSSR count). The molecule has 2 aromatic rings. The number of fused-ring (bicyclic) bond motifs is 1. The summed E-state index contributed by atoms with van der Waals surface area (Å²) < 4.78 is 5.56. The van der Waals surface area contributed by atoms with Crippen molar-refractivity contribution < 1.29 is 19.1 Å². The van der Waals surface area contributed by atoms with E-state index in [1.165, 1.54) is 6.08 Å². The lowest BCUT2D eigenvalue weighted by Gasteiger charge is -2.27. The Morgan fingerprint density at radius 1 is 1.12 bits per heavy atom. The second kappa shape index (κ2) is 9.44. The number of alkyl halides is 1. The zero-order valence-electron chi connectivity index (χ0n) is 17.8. The van der Waals surface area contributed by atoms with Gasteiger partial charge in [0, 0.05) is 24.7 Å². The maximum absolute atomic E-state index is 13.2. The van der Waals surface area contributed by atoms with Gasteiger partial charge in [0.15, 0.2) is 0 Å². The second-order valence-electron chi connectivity index (χ2n) is 7.53. The van der Waals surface area contributed by atoms with Crippen molar-refractivity contribution in [1.29, 1.82) is 0 Å². The van der Waals surface area contributed by atoms with Crippen molar-refractivity contribution in [3.8, 4) is 5.75 Å². The van der Waals surface area contributed by atoms with E-state index < -0.39 is 17.8 Å². The van der Waals surface area contributed by atoms with Crippen molar-refractivity contribution in [2.24, 2.45) is 0 Å². The van der Waals surface area contributed by atoms with Crippen LogP contribution in [0.3, 0.4) is 0 Å². The lowest BCUT2D eigenvalue weighted by Crippen LogP contribution is -2.54. The van der Waals surface area contributed by atoms with E-state index >= 15 is 0 Å². The molecule has 8 heteroatoms. The Balaban J connectivity index is 1.65. The fraction of sp³-hybridized carbons (Fsp3) is 0.292. The summed E-state index contributed by atoms with van der Waals surface area (Å²) in [7, 11) is 0. The van der Waals surface area contributed by atoms with Crippen LogP contribution in [0.4, 0.5) is 16.2 Å². The minimum atomic E-state index is -0.798. The van der Waals surface area contributed by atoms with Gasteiger partial charge in [-0.25, -0.2) is 9.69 Å². The van der Waals surface area contributed by atoms with Gasteiger partial charge >= 0.3 is 6.03 Å². The minimum absolute atomic E-state index is 0.104. The van der Waals surface area contributed by atoms with Gasteiger partial charge in [0.1, 0.15) is 11.3 Å². The van der Waals surface area contributed by atoms with E-state index in [1.54, 1.807) is 24.3 Å². The molecule has 2 heterocycles. The van der Waals surface area contributed by atoms with Gasteiger partial charge in [-0.2, -0.15) is 0 Å². The SMILES string of the molecule is CCOc1ccccc1N1C(=O)NC(=O)/C(=C/c2ccc3c(c2)CCN3CCCCl)C1=O. The Hall–Kier alpha value is -3.32. The molecule has 4 amide bonds. The van der Waals surface area contributed by atoms with Crippen LogP contribution in [-0.4, -0.2) is 43.4 Å². The maximum Gasteiger partial charge on any atom is 0.336 e. The number of anilines is 2. The molecule has 32 heavy (non-hydrogen) atoms. The van der Waals surface area contributed by atoms with Crippen LogP contribution < -0.4 is 19.9 Å². The number of nitrogens with one attached hydrogen (secondary N) is 1. The Bertz CT molecular complexity index is 1100. The number of carbonyl (C=O) groups is 3. The molecular weight excluding hydrogens is 430 g/mol. The zero-order valence-corrected chi connectivity index (χ0v) is 18.5. The number of ether oxygens (including phenoxy) is 1. The van der Waals surface area contributed by atoms with Crippen LogP contribution in [0.2, 0.25) is 0 Å².